The molecule has 1 aliphatic rings. The van der Waals surface area contributed by atoms with Gasteiger partial charge < -0.3 is 10.4 Å². The highest BCUT2D eigenvalue weighted by Crippen LogP contribution is 2.18. The summed E-state index contributed by atoms with van der Waals surface area (Å²) >= 11 is 0. The maximum Gasteiger partial charge on any atom is 0.303 e. The molecule has 1 fully saturated rings. The standard InChI is InChI=1S/C8H15NO2.ClH/c1-6-2-7(3-8(10)11)5-9-4-6;/h6-7,9H,2-5H2,1H3,(H,10,11);1H. The Hall–Kier alpha value is -0.280. The molecule has 0 aromatic rings. The molecule has 3 nitrogen and oxygen atoms in total. The minimum atomic E-state index is -0.675. The molecule has 0 amide bonds. The predicted octanol–water partition coefficient (Wildman–Crippen LogP) is 1.13. The van der Waals surface area contributed by atoms with Gasteiger partial charge in [-0.25, -0.2) is 0 Å². The molecule has 0 radical (unpaired) electrons. The second kappa shape index (κ2) is 5.38. The van der Waals surface area contributed by atoms with Gasteiger partial charge in [0.15, 0.2) is 0 Å². The Labute approximate surface area is 78.9 Å². The maximum absolute atomic E-state index is 10.3. The van der Waals surface area contributed by atoms with Gasteiger partial charge in [-0.1, -0.05) is 6.92 Å². The van der Waals surface area contributed by atoms with Gasteiger partial charge in [0.1, 0.15) is 0 Å². The number of carboxylic acids is 1. The number of piperidine rings is 1. The van der Waals surface area contributed by atoms with E-state index in [1.807, 2.05) is 0 Å². The van der Waals surface area contributed by atoms with Crippen LogP contribution in [0.4, 0.5) is 0 Å². The Morgan fingerprint density at radius 3 is 2.75 bits per heavy atom. The zero-order valence-electron chi connectivity index (χ0n) is 7.25. The van der Waals surface area contributed by atoms with Crippen LogP contribution in [0.1, 0.15) is 19.8 Å². The van der Waals surface area contributed by atoms with Gasteiger partial charge in [0.25, 0.3) is 0 Å². The van der Waals surface area contributed by atoms with E-state index in [1.54, 1.807) is 0 Å². The first kappa shape index (κ1) is 11.7. The molecule has 1 saturated heterocycles. The molecular formula is C8H16ClNO2. The van der Waals surface area contributed by atoms with E-state index >= 15 is 0 Å². The van der Waals surface area contributed by atoms with Gasteiger partial charge in [-0.2, -0.15) is 0 Å². The molecule has 1 aliphatic heterocycles. The summed E-state index contributed by atoms with van der Waals surface area (Å²) in [5.74, 6) is 0.301. The molecule has 1 heterocycles. The fourth-order valence-electron chi connectivity index (χ4n) is 1.67. The zero-order valence-corrected chi connectivity index (χ0v) is 8.06. The number of hydrogen-bond donors (Lipinski definition) is 2. The van der Waals surface area contributed by atoms with E-state index in [1.165, 1.54) is 0 Å². The second-order valence-electron chi connectivity index (χ2n) is 3.46. The quantitative estimate of drug-likeness (QED) is 0.691. The van der Waals surface area contributed by atoms with E-state index in [0.717, 1.165) is 19.5 Å². The van der Waals surface area contributed by atoms with E-state index < -0.39 is 5.97 Å². The molecule has 72 valence electrons. The summed E-state index contributed by atoms with van der Waals surface area (Å²) in [4.78, 5) is 10.3. The molecule has 0 saturated carbocycles. The highest BCUT2D eigenvalue weighted by Gasteiger charge is 2.20. The molecular weight excluding hydrogens is 178 g/mol. The normalized spacial score (nSPS) is 29.1. The highest BCUT2D eigenvalue weighted by atomic mass is 35.5. The summed E-state index contributed by atoms with van der Waals surface area (Å²) < 4.78 is 0. The van der Waals surface area contributed by atoms with Crippen molar-refractivity contribution < 1.29 is 9.90 Å². The van der Waals surface area contributed by atoms with Crippen molar-refractivity contribution in [1.82, 2.24) is 5.32 Å². The molecule has 0 aliphatic carbocycles. The van der Waals surface area contributed by atoms with Gasteiger partial charge in [0.05, 0.1) is 0 Å². The van der Waals surface area contributed by atoms with E-state index in [4.69, 9.17) is 5.11 Å². The third-order valence-corrected chi connectivity index (χ3v) is 2.12. The van der Waals surface area contributed by atoms with Gasteiger partial charge in [-0.05, 0) is 31.3 Å². The van der Waals surface area contributed by atoms with Crippen LogP contribution >= 0.6 is 12.4 Å². The van der Waals surface area contributed by atoms with Gasteiger partial charge >= 0.3 is 5.97 Å². The zero-order chi connectivity index (χ0) is 8.27. The lowest BCUT2D eigenvalue weighted by molar-refractivity contribution is -0.138. The van der Waals surface area contributed by atoms with E-state index in [-0.39, 0.29) is 12.4 Å². The summed E-state index contributed by atoms with van der Waals surface area (Å²) in [5, 5.41) is 11.8. The predicted molar refractivity (Wildman–Crippen MR) is 49.6 cm³/mol. The van der Waals surface area contributed by atoms with Crippen molar-refractivity contribution in [1.29, 1.82) is 0 Å². The number of nitrogens with one attached hydrogen (secondary N) is 1. The third-order valence-electron chi connectivity index (χ3n) is 2.12. The first-order valence-electron chi connectivity index (χ1n) is 4.11. The number of halogens is 1. The summed E-state index contributed by atoms with van der Waals surface area (Å²) in [6, 6.07) is 0. The SMILES string of the molecule is CC1CNCC(CC(=O)O)C1.Cl. The lowest BCUT2D eigenvalue weighted by Crippen LogP contribution is -2.35. The van der Waals surface area contributed by atoms with Gasteiger partial charge in [-0.15, -0.1) is 12.4 Å². The van der Waals surface area contributed by atoms with Crippen molar-refractivity contribution in [3.63, 3.8) is 0 Å². The van der Waals surface area contributed by atoms with Crippen molar-refractivity contribution in [2.24, 2.45) is 11.8 Å². The van der Waals surface area contributed by atoms with Crippen molar-refractivity contribution in [2.75, 3.05) is 13.1 Å². The molecule has 1 rings (SSSR count). The van der Waals surface area contributed by atoms with Crippen LogP contribution in [-0.2, 0) is 4.79 Å². The largest absolute Gasteiger partial charge is 0.481 e. The Kier molecular flexibility index (Phi) is 5.25. The number of carbonyl (C=O) groups is 1. The average Bonchev–Trinajstić information content (AvgIpc) is 1.85. The molecule has 4 heteroatoms. The Morgan fingerprint density at radius 2 is 2.25 bits per heavy atom. The second-order valence-corrected chi connectivity index (χ2v) is 3.46. The van der Waals surface area contributed by atoms with Gasteiger partial charge in [0.2, 0.25) is 0 Å². The Balaban J connectivity index is 0.00000121. The average molecular weight is 194 g/mol. The maximum atomic E-state index is 10.3. The molecule has 0 spiro atoms. The fraction of sp³-hybridized carbons (Fsp3) is 0.875. The van der Waals surface area contributed by atoms with Crippen LogP contribution in [0.25, 0.3) is 0 Å². The smallest absolute Gasteiger partial charge is 0.303 e. The number of rotatable bonds is 2. The molecule has 12 heavy (non-hydrogen) atoms. The topological polar surface area (TPSA) is 49.3 Å². The minimum Gasteiger partial charge on any atom is -0.481 e. The molecule has 0 bridgehead atoms. The van der Waals surface area contributed by atoms with Crippen LogP contribution in [0.5, 0.6) is 0 Å². The van der Waals surface area contributed by atoms with Gasteiger partial charge in [0, 0.05) is 6.42 Å². The van der Waals surface area contributed by atoms with Crippen molar-refractivity contribution in [3.8, 4) is 0 Å². The lowest BCUT2D eigenvalue weighted by Gasteiger charge is -2.26. The van der Waals surface area contributed by atoms with E-state index in [0.29, 0.717) is 18.3 Å². The van der Waals surface area contributed by atoms with Crippen molar-refractivity contribution in [3.05, 3.63) is 0 Å². The summed E-state index contributed by atoms with van der Waals surface area (Å²) in [6.07, 6.45) is 1.37. The van der Waals surface area contributed by atoms with Crippen molar-refractivity contribution in [2.45, 2.75) is 19.8 Å². The Morgan fingerprint density at radius 1 is 1.58 bits per heavy atom. The third kappa shape index (κ3) is 3.93. The summed E-state index contributed by atoms with van der Waals surface area (Å²) in [7, 11) is 0. The van der Waals surface area contributed by atoms with E-state index in [2.05, 4.69) is 12.2 Å². The molecule has 2 unspecified atom stereocenters. The monoisotopic (exact) mass is 193 g/mol. The van der Waals surface area contributed by atoms with Crippen LogP contribution in [0.3, 0.4) is 0 Å². The van der Waals surface area contributed by atoms with E-state index in [9.17, 15) is 4.79 Å². The molecule has 2 N–H and O–H groups in total. The van der Waals surface area contributed by atoms with Crippen LogP contribution in [0.15, 0.2) is 0 Å². The highest BCUT2D eigenvalue weighted by molar-refractivity contribution is 5.85. The lowest BCUT2D eigenvalue weighted by atomic mass is 9.90. The fourth-order valence-corrected chi connectivity index (χ4v) is 1.67. The summed E-state index contributed by atoms with van der Waals surface area (Å²) in [5.41, 5.74) is 0. The number of hydrogen-bond acceptors (Lipinski definition) is 2. The van der Waals surface area contributed by atoms with Crippen LogP contribution < -0.4 is 5.32 Å². The van der Waals surface area contributed by atoms with Crippen LogP contribution in [0, 0.1) is 11.8 Å². The number of carboxylic acid groups (broad SMARTS) is 1. The molecule has 0 aromatic carbocycles. The first-order chi connectivity index (χ1) is 5.18. The first-order valence-corrected chi connectivity index (χ1v) is 4.11. The van der Waals surface area contributed by atoms with Gasteiger partial charge in [-0.3, -0.25) is 4.79 Å². The Bertz CT molecular complexity index is 152. The molecule has 2 atom stereocenters. The number of aliphatic carboxylic acids is 1. The van der Waals surface area contributed by atoms with Crippen LogP contribution in [-0.4, -0.2) is 24.2 Å². The minimum absolute atomic E-state index is 0. The van der Waals surface area contributed by atoms with Crippen molar-refractivity contribution >= 4 is 18.4 Å². The summed E-state index contributed by atoms with van der Waals surface area (Å²) in [6.45, 7) is 4.06. The molecule has 0 aromatic heterocycles. The van der Waals surface area contributed by atoms with Crippen LogP contribution in [0.2, 0.25) is 0 Å².